The van der Waals surface area contributed by atoms with Gasteiger partial charge in [0.2, 0.25) is 10.0 Å². The topological polar surface area (TPSA) is 75.7 Å². The number of anilines is 1. The van der Waals surface area contributed by atoms with E-state index in [0.29, 0.717) is 24.4 Å². The minimum atomic E-state index is -3.52. The predicted molar refractivity (Wildman–Crippen MR) is 154 cm³/mol. The van der Waals surface area contributed by atoms with E-state index in [-0.39, 0.29) is 17.9 Å². The van der Waals surface area contributed by atoms with Gasteiger partial charge >= 0.3 is 0 Å². The van der Waals surface area contributed by atoms with Gasteiger partial charge in [0.25, 0.3) is 5.91 Å². The molecule has 0 atom stereocenters. The summed E-state index contributed by atoms with van der Waals surface area (Å²) in [6.45, 7) is 7.38. The van der Waals surface area contributed by atoms with Gasteiger partial charge < -0.3 is 10.1 Å². The Balaban J connectivity index is 1.34. The van der Waals surface area contributed by atoms with Crippen molar-refractivity contribution in [1.29, 1.82) is 0 Å². The van der Waals surface area contributed by atoms with Gasteiger partial charge in [-0.05, 0) is 63.7 Å². The van der Waals surface area contributed by atoms with Crippen LogP contribution in [0.5, 0.6) is 5.75 Å². The Morgan fingerprint density at radius 2 is 1.53 bits per heavy atom. The van der Waals surface area contributed by atoms with E-state index < -0.39 is 10.0 Å². The van der Waals surface area contributed by atoms with Crippen LogP contribution in [0.2, 0.25) is 0 Å². The molecule has 198 valence electrons. The van der Waals surface area contributed by atoms with Crippen molar-refractivity contribution in [3.63, 3.8) is 0 Å². The van der Waals surface area contributed by atoms with Crippen LogP contribution in [-0.2, 0) is 22.0 Å². The highest BCUT2D eigenvalue weighted by molar-refractivity contribution is 7.92. The lowest BCUT2D eigenvalue weighted by Crippen LogP contribution is -2.29. The molecule has 38 heavy (non-hydrogen) atoms. The summed E-state index contributed by atoms with van der Waals surface area (Å²) in [6.07, 6.45) is 1.20. The van der Waals surface area contributed by atoms with Crippen molar-refractivity contribution >= 4 is 32.4 Å². The number of sulfonamides is 1. The van der Waals surface area contributed by atoms with Crippen LogP contribution in [0.4, 0.5) is 5.69 Å². The number of nitrogens with zero attached hydrogens (tertiary/aromatic N) is 1. The van der Waals surface area contributed by atoms with E-state index in [1.165, 1.54) is 16.1 Å². The van der Waals surface area contributed by atoms with Gasteiger partial charge in [-0.1, -0.05) is 75.4 Å². The zero-order valence-corrected chi connectivity index (χ0v) is 23.1. The third-order valence-corrected chi connectivity index (χ3v) is 7.48. The standard InChI is InChI=1S/C31H34N2O4S/c1-31(2,3)27-14-17-29(18-15-27)37-20-19-32-30(34)25-11-9-23(10-12-25)22-33(38(4,35)36)28-16-13-24-7-5-6-8-26(24)21-28/h5-18,21H,19-20,22H2,1-4H3,(H,32,34). The predicted octanol–water partition coefficient (Wildman–Crippen LogP) is 5.91. The monoisotopic (exact) mass is 530 g/mol. The Morgan fingerprint density at radius 3 is 2.16 bits per heavy atom. The summed E-state index contributed by atoms with van der Waals surface area (Å²) in [5, 5.41) is 4.88. The number of fused-ring (bicyclic) bond motifs is 1. The van der Waals surface area contributed by atoms with E-state index in [1.807, 2.05) is 54.6 Å². The molecule has 6 nitrogen and oxygen atoms in total. The second kappa shape index (κ2) is 11.3. The lowest BCUT2D eigenvalue weighted by molar-refractivity contribution is 0.0947. The normalized spacial score (nSPS) is 11.8. The summed E-state index contributed by atoms with van der Waals surface area (Å²) < 4.78 is 32.3. The Labute approximate surface area is 225 Å². The highest BCUT2D eigenvalue weighted by Gasteiger charge is 2.19. The summed E-state index contributed by atoms with van der Waals surface area (Å²) in [4.78, 5) is 12.6. The molecule has 0 saturated carbocycles. The number of carbonyl (C=O) groups excluding carboxylic acids is 1. The van der Waals surface area contributed by atoms with Gasteiger partial charge in [0, 0.05) is 5.56 Å². The van der Waals surface area contributed by atoms with Crippen molar-refractivity contribution < 1.29 is 17.9 Å². The highest BCUT2D eigenvalue weighted by atomic mass is 32.2. The summed E-state index contributed by atoms with van der Waals surface area (Å²) in [6, 6.07) is 28.4. The lowest BCUT2D eigenvalue weighted by atomic mass is 9.87. The molecule has 0 aliphatic heterocycles. The largest absolute Gasteiger partial charge is 0.492 e. The van der Waals surface area contributed by atoms with Crippen molar-refractivity contribution in [3.8, 4) is 5.75 Å². The molecule has 0 aliphatic rings. The third-order valence-electron chi connectivity index (χ3n) is 6.34. The van der Waals surface area contributed by atoms with E-state index in [0.717, 1.165) is 22.1 Å². The molecule has 0 unspecified atom stereocenters. The van der Waals surface area contributed by atoms with Crippen LogP contribution in [0.25, 0.3) is 10.8 Å². The first kappa shape index (κ1) is 27.2. The molecule has 0 bridgehead atoms. The number of nitrogens with one attached hydrogen (secondary N) is 1. The van der Waals surface area contributed by atoms with Gasteiger partial charge in [-0.3, -0.25) is 9.10 Å². The average molecular weight is 531 g/mol. The molecule has 7 heteroatoms. The number of ether oxygens (including phenoxy) is 1. The van der Waals surface area contributed by atoms with Gasteiger partial charge in [0.05, 0.1) is 25.0 Å². The molecular weight excluding hydrogens is 496 g/mol. The third kappa shape index (κ3) is 6.92. The van der Waals surface area contributed by atoms with E-state index in [9.17, 15) is 13.2 Å². The van der Waals surface area contributed by atoms with E-state index in [2.05, 4.69) is 38.2 Å². The fraction of sp³-hybridized carbons (Fsp3) is 0.258. The molecule has 0 spiro atoms. The van der Waals surface area contributed by atoms with Crippen LogP contribution in [0.15, 0.2) is 91.0 Å². The average Bonchev–Trinajstić information content (AvgIpc) is 2.89. The Morgan fingerprint density at radius 1 is 0.868 bits per heavy atom. The van der Waals surface area contributed by atoms with Gasteiger partial charge in [0.15, 0.2) is 0 Å². The molecule has 0 aromatic heterocycles. The highest BCUT2D eigenvalue weighted by Crippen LogP contribution is 2.26. The number of hydrogen-bond donors (Lipinski definition) is 1. The van der Waals surface area contributed by atoms with E-state index in [1.54, 1.807) is 24.3 Å². The minimum Gasteiger partial charge on any atom is -0.492 e. The van der Waals surface area contributed by atoms with Gasteiger partial charge in [-0.25, -0.2) is 8.42 Å². The Kier molecular flexibility index (Phi) is 8.07. The molecule has 0 aliphatic carbocycles. The van der Waals surface area contributed by atoms with Crippen molar-refractivity contribution in [2.45, 2.75) is 32.7 Å². The number of amides is 1. The molecule has 0 heterocycles. The van der Waals surface area contributed by atoms with Crippen LogP contribution < -0.4 is 14.4 Å². The molecule has 4 aromatic rings. The molecular formula is C31H34N2O4S. The van der Waals surface area contributed by atoms with Crippen LogP contribution in [0, 0.1) is 0 Å². The molecule has 0 fully saturated rings. The lowest BCUT2D eigenvalue weighted by Gasteiger charge is -2.23. The Hall–Kier alpha value is -3.84. The maximum absolute atomic E-state index is 12.6. The number of benzene rings is 4. The quantitative estimate of drug-likeness (QED) is 0.273. The SMILES string of the molecule is CC(C)(C)c1ccc(OCCNC(=O)c2ccc(CN(c3ccc4ccccc4c3)S(C)(=O)=O)cc2)cc1. The fourth-order valence-corrected chi connectivity index (χ4v) is 5.03. The summed E-state index contributed by atoms with van der Waals surface area (Å²) in [5.74, 6) is 0.552. The van der Waals surface area contributed by atoms with Crippen molar-refractivity contribution in [2.24, 2.45) is 0 Å². The van der Waals surface area contributed by atoms with Gasteiger partial charge in [-0.2, -0.15) is 0 Å². The van der Waals surface area contributed by atoms with Crippen molar-refractivity contribution in [1.82, 2.24) is 5.32 Å². The van der Waals surface area contributed by atoms with Gasteiger partial charge in [-0.15, -0.1) is 0 Å². The maximum Gasteiger partial charge on any atom is 0.251 e. The van der Waals surface area contributed by atoms with Crippen LogP contribution in [0.1, 0.15) is 42.3 Å². The molecule has 1 amide bonds. The smallest absolute Gasteiger partial charge is 0.251 e. The fourth-order valence-electron chi connectivity index (χ4n) is 4.15. The Bertz CT molecular complexity index is 1510. The first-order valence-electron chi connectivity index (χ1n) is 12.6. The number of carbonyl (C=O) groups is 1. The molecule has 0 radical (unpaired) electrons. The zero-order valence-electron chi connectivity index (χ0n) is 22.3. The second-order valence-corrected chi connectivity index (χ2v) is 12.3. The number of rotatable bonds is 9. The summed E-state index contributed by atoms with van der Waals surface area (Å²) in [7, 11) is -3.52. The summed E-state index contributed by atoms with van der Waals surface area (Å²) >= 11 is 0. The first-order valence-corrected chi connectivity index (χ1v) is 14.4. The first-order chi connectivity index (χ1) is 18.0. The molecule has 4 rings (SSSR count). The maximum atomic E-state index is 12.6. The molecule has 1 N–H and O–H groups in total. The van der Waals surface area contributed by atoms with Crippen molar-refractivity contribution in [2.75, 3.05) is 23.7 Å². The molecule has 0 saturated heterocycles. The van der Waals surface area contributed by atoms with Crippen LogP contribution in [0.3, 0.4) is 0 Å². The van der Waals surface area contributed by atoms with Crippen LogP contribution in [-0.4, -0.2) is 33.7 Å². The minimum absolute atomic E-state index is 0.0849. The van der Waals surface area contributed by atoms with E-state index in [4.69, 9.17) is 4.74 Å². The number of hydrogen-bond acceptors (Lipinski definition) is 4. The van der Waals surface area contributed by atoms with Gasteiger partial charge in [0.1, 0.15) is 12.4 Å². The van der Waals surface area contributed by atoms with Crippen LogP contribution >= 0.6 is 0 Å². The van der Waals surface area contributed by atoms with E-state index >= 15 is 0 Å². The summed E-state index contributed by atoms with van der Waals surface area (Å²) in [5.41, 5.74) is 3.20. The zero-order chi connectivity index (χ0) is 27.3. The van der Waals surface area contributed by atoms with Crippen molar-refractivity contribution in [3.05, 3.63) is 108 Å². The molecule has 4 aromatic carbocycles. The second-order valence-electron chi connectivity index (χ2n) is 10.4.